The molecule has 35 heavy (non-hydrogen) atoms. The Balaban J connectivity index is 1.51. The Morgan fingerprint density at radius 1 is 0.914 bits per heavy atom. The number of hydrogen-bond acceptors (Lipinski definition) is 5. The van der Waals surface area contributed by atoms with Crippen molar-refractivity contribution >= 4 is 43.8 Å². The van der Waals surface area contributed by atoms with E-state index in [2.05, 4.69) is 11.4 Å². The van der Waals surface area contributed by atoms with Crippen LogP contribution in [0.1, 0.15) is 11.1 Å². The van der Waals surface area contributed by atoms with Gasteiger partial charge in [0.1, 0.15) is 6.54 Å². The van der Waals surface area contributed by atoms with Crippen molar-refractivity contribution in [3.8, 4) is 0 Å². The van der Waals surface area contributed by atoms with Crippen LogP contribution in [-0.2, 0) is 27.7 Å². The van der Waals surface area contributed by atoms with Crippen molar-refractivity contribution < 1.29 is 18.1 Å². The third kappa shape index (κ3) is 4.22. The van der Waals surface area contributed by atoms with Gasteiger partial charge in [0.25, 0.3) is 15.7 Å². The van der Waals surface area contributed by atoms with Gasteiger partial charge in [-0.15, -0.1) is 0 Å². The molecule has 1 N–H and O–H groups in total. The van der Waals surface area contributed by atoms with E-state index < -0.39 is 27.4 Å². The lowest BCUT2D eigenvalue weighted by atomic mass is 10.0. The van der Waals surface area contributed by atoms with Gasteiger partial charge in [-0.2, -0.15) is 0 Å². The summed E-state index contributed by atoms with van der Waals surface area (Å²) in [6.07, 6.45) is 1.89. The number of nitro groups is 1. The molecule has 4 aromatic rings. The predicted octanol–water partition coefficient (Wildman–Crippen LogP) is 4.68. The summed E-state index contributed by atoms with van der Waals surface area (Å²) in [4.78, 5) is 23.8. The minimum atomic E-state index is -4.18. The number of carbonyl (C=O) groups excluding carboxylic acids is 1. The minimum absolute atomic E-state index is 0.0235. The lowest BCUT2D eigenvalue weighted by Gasteiger charge is -2.24. The molecular weight excluding hydrogens is 466 g/mol. The average Bonchev–Trinajstić information content (AvgIpc) is 3.29. The van der Waals surface area contributed by atoms with E-state index in [1.54, 1.807) is 18.2 Å². The molecule has 0 fully saturated rings. The molecule has 0 saturated heterocycles. The molecule has 0 atom stereocenters. The van der Waals surface area contributed by atoms with Crippen molar-refractivity contribution in [2.75, 3.05) is 16.2 Å². The Hall–Kier alpha value is -4.24. The number of amides is 1. The monoisotopic (exact) mass is 487 g/mol. The molecule has 0 unspecified atom stereocenters. The van der Waals surface area contributed by atoms with Crippen LogP contribution in [0.3, 0.4) is 0 Å². The molecule has 9 heteroatoms. The van der Waals surface area contributed by atoms with Crippen LogP contribution in [-0.4, -0.2) is 25.8 Å². The molecule has 0 bridgehead atoms. The summed E-state index contributed by atoms with van der Waals surface area (Å²) < 4.78 is 27.9. The van der Waals surface area contributed by atoms with Gasteiger partial charge in [0.15, 0.2) is 0 Å². The van der Waals surface area contributed by atoms with Crippen molar-refractivity contribution in [1.29, 1.82) is 0 Å². The number of anilines is 2. The van der Waals surface area contributed by atoms with E-state index in [4.69, 9.17) is 0 Å². The molecule has 1 amide bonds. The maximum Gasteiger partial charge on any atom is 0.271 e. The van der Waals surface area contributed by atoms with E-state index in [-0.39, 0.29) is 16.3 Å². The fraction of sp³-hybridized carbons (Fsp3) is 0.115. The quantitative estimate of drug-likeness (QED) is 0.301. The zero-order valence-electron chi connectivity index (χ0n) is 18.5. The van der Waals surface area contributed by atoms with Crippen LogP contribution in [0, 0.1) is 10.1 Å². The minimum Gasteiger partial charge on any atom is -0.324 e. The van der Waals surface area contributed by atoms with Crippen LogP contribution in [0.4, 0.5) is 17.1 Å². The van der Waals surface area contributed by atoms with Crippen molar-refractivity contribution in [2.24, 2.45) is 0 Å². The number of sulfonamides is 1. The van der Waals surface area contributed by atoms with Gasteiger partial charge in [-0.3, -0.25) is 19.2 Å². The van der Waals surface area contributed by atoms with Crippen molar-refractivity contribution in [1.82, 2.24) is 0 Å². The SMILES string of the molecule is O=C(CN(c1cccc([N+](=O)[O-])c1)S(=O)(=O)c1ccccc1)Nc1ccc2c3c(cccc13)CC2. The van der Waals surface area contributed by atoms with E-state index in [9.17, 15) is 23.3 Å². The van der Waals surface area contributed by atoms with Crippen LogP contribution >= 0.6 is 0 Å². The number of nitro benzene ring substituents is 1. The van der Waals surface area contributed by atoms with Crippen molar-refractivity contribution in [2.45, 2.75) is 17.7 Å². The standard InChI is InChI=1S/C26H21N3O5S/c30-25(27-24-15-14-19-13-12-18-6-4-11-23(24)26(18)19)17-28(20-7-5-8-21(16-20)29(31)32)35(33,34)22-9-2-1-3-10-22/h1-11,14-16H,12-13,17H2,(H,27,30). The predicted molar refractivity (Wildman–Crippen MR) is 134 cm³/mol. The summed E-state index contributed by atoms with van der Waals surface area (Å²) >= 11 is 0. The number of rotatable bonds is 7. The smallest absolute Gasteiger partial charge is 0.271 e. The highest BCUT2D eigenvalue weighted by Crippen LogP contribution is 2.35. The number of carbonyl (C=O) groups is 1. The molecule has 0 aliphatic heterocycles. The number of hydrogen-bond donors (Lipinski definition) is 1. The number of aryl methyl sites for hydroxylation is 2. The molecule has 4 aromatic carbocycles. The first-order valence-corrected chi connectivity index (χ1v) is 12.4. The summed E-state index contributed by atoms with van der Waals surface area (Å²) in [6.45, 7) is -0.554. The third-order valence-corrected chi connectivity index (χ3v) is 7.89. The lowest BCUT2D eigenvalue weighted by Crippen LogP contribution is -2.38. The number of nitrogens with one attached hydrogen (secondary N) is 1. The lowest BCUT2D eigenvalue weighted by molar-refractivity contribution is -0.384. The highest BCUT2D eigenvalue weighted by molar-refractivity contribution is 7.92. The van der Waals surface area contributed by atoms with E-state index in [0.29, 0.717) is 5.69 Å². The van der Waals surface area contributed by atoms with Gasteiger partial charge in [0.2, 0.25) is 5.91 Å². The molecule has 0 radical (unpaired) electrons. The maximum atomic E-state index is 13.5. The van der Waals surface area contributed by atoms with E-state index in [1.807, 2.05) is 24.3 Å². The fourth-order valence-corrected chi connectivity index (χ4v) is 5.91. The Kier molecular flexibility index (Phi) is 5.70. The van der Waals surface area contributed by atoms with Crippen molar-refractivity contribution in [3.63, 3.8) is 0 Å². The highest BCUT2D eigenvalue weighted by Gasteiger charge is 2.28. The van der Waals surface area contributed by atoms with E-state index >= 15 is 0 Å². The topological polar surface area (TPSA) is 110 Å². The summed E-state index contributed by atoms with van der Waals surface area (Å²) in [5.41, 5.74) is 2.79. The molecule has 176 valence electrons. The molecule has 0 aromatic heterocycles. The Morgan fingerprint density at radius 3 is 2.37 bits per heavy atom. The number of benzene rings is 4. The fourth-order valence-electron chi connectivity index (χ4n) is 4.47. The highest BCUT2D eigenvalue weighted by atomic mass is 32.2. The van der Waals surface area contributed by atoms with Crippen molar-refractivity contribution in [3.05, 3.63) is 106 Å². The number of non-ortho nitro benzene ring substituents is 1. The Morgan fingerprint density at radius 2 is 1.63 bits per heavy atom. The first kappa shape index (κ1) is 22.5. The molecule has 0 spiro atoms. The molecule has 1 aliphatic carbocycles. The number of nitrogens with zero attached hydrogens (tertiary/aromatic N) is 2. The zero-order chi connectivity index (χ0) is 24.6. The molecule has 1 aliphatic rings. The normalized spacial score (nSPS) is 12.5. The Labute approximate surface area is 202 Å². The summed E-state index contributed by atoms with van der Waals surface area (Å²) in [6, 6.07) is 22.7. The second-order valence-electron chi connectivity index (χ2n) is 8.26. The average molecular weight is 488 g/mol. The van der Waals surface area contributed by atoms with Gasteiger partial charge in [0, 0.05) is 23.2 Å². The van der Waals surface area contributed by atoms with Gasteiger partial charge < -0.3 is 5.32 Å². The zero-order valence-corrected chi connectivity index (χ0v) is 19.4. The van der Waals surface area contributed by atoms with Crippen LogP contribution in [0.5, 0.6) is 0 Å². The second kappa shape index (κ2) is 8.84. The first-order valence-electron chi connectivity index (χ1n) is 11.0. The molecule has 0 heterocycles. The van der Waals surface area contributed by atoms with Gasteiger partial charge in [0.05, 0.1) is 15.5 Å². The van der Waals surface area contributed by atoms with Crippen LogP contribution < -0.4 is 9.62 Å². The van der Waals surface area contributed by atoms with Crippen LogP contribution in [0.2, 0.25) is 0 Å². The summed E-state index contributed by atoms with van der Waals surface area (Å²) in [5, 5.41) is 16.2. The van der Waals surface area contributed by atoms with Gasteiger partial charge in [-0.1, -0.05) is 48.5 Å². The maximum absolute atomic E-state index is 13.5. The Bertz CT molecular complexity index is 1560. The van der Waals surface area contributed by atoms with E-state index in [1.165, 1.54) is 41.5 Å². The summed E-state index contributed by atoms with van der Waals surface area (Å²) in [7, 11) is -4.18. The second-order valence-corrected chi connectivity index (χ2v) is 10.1. The molecule has 0 saturated carbocycles. The van der Waals surface area contributed by atoms with Crippen LogP contribution in [0.25, 0.3) is 10.8 Å². The molecule has 8 nitrogen and oxygen atoms in total. The third-order valence-electron chi connectivity index (χ3n) is 6.10. The van der Waals surface area contributed by atoms with Gasteiger partial charge in [-0.25, -0.2) is 8.42 Å². The van der Waals surface area contributed by atoms with Crippen LogP contribution in [0.15, 0.2) is 89.8 Å². The molecular formula is C26H21N3O5S. The summed E-state index contributed by atoms with van der Waals surface area (Å²) in [5.74, 6) is -0.560. The van der Waals surface area contributed by atoms with E-state index in [0.717, 1.165) is 34.0 Å². The van der Waals surface area contributed by atoms with Gasteiger partial charge >= 0.3 is 0 Å². The first-order chi connectivity index (χ1) is 16.8. The largest absolute Gasteiger partial charge is 0.324 e. The molecule has 5 rings (SSSR count). The van der Waals surface area contributed by atoms with Gasteiger partial charge in [-0.05, 0) is 53.6 Å².